The number of nitrogens with two attached hydrogens (primary N) is 1. The van der Waals surface area contributed by atoms with Gasteiger partial charge in [0.25, 0.3) is 5.91 Å². The topological polar surface area (TPSA) is 87.2 Å². The molecule has 1 aliphatic rings. The second-order valence-electron chi connectivity index (χ2n) is 6.02. The Labute approximate surface area is 166 Å². The van der Waals surface area contributed by atoms with Crippen LogP contribution in [0, 0.1) is 18.3 Å². The summed E-state index contributed by atoms with van der Waals surface area (Å²) in [7, 11) is 0. The van der Waals surface area contributed by atoms with Gasteiger partial charge in [0.05, 0.1) is 10.9 Å². The summed E-state index contributed by atoms with van der Waals surface area (Å²) in [6.45, 7) is 1.86. The number of hydrogen-bond donors (Lipinski definition) is 1. The highest BCUT2D eigenvalue weighted by atomic mass is 35.5. The van der Waals surface area contributed by atoms with Crippen molar-refractivity contribution in [3.63, 3.8) is 0 Å². The molecule has 1 heterocycles. The molecule has 1 unspecified atom stereocenters. The molecule has 27 heavy (non-hydrogen) atoms. The first-order valence-electron chi connectivity index (χ1n) is 8.18. The minimum absolute atomic E-state index is 0.210. The maximum absolute atomic E-state index is 13.2. The molecule has 0 aliphatic carbocycles. The zero-order valence-corrected chi connectivity index (χ0v) is 16.1. The lowest BCUT2D eigenvalue weighted by atomic mass is 10.1. The van der Waals surface area contributed by atoms with Crippen LogP contribution in [-0.4, -0.2) is 17.1 Å². The van der Waals surface area contributed by atoms with Crippen molar-refractivity contribution in [3.05, 3.63) is 75.3 Å². The number of amides is 2. The van der Waals surface area contributed by atoms with Crippen LogP contribution >= 0.6 is 23.4 Å². The maximum atomic E-state index is 13.2. The molecule has 136 valence electrons. The number of primary amides is 1. The van der Waals surface area contributed by atoms with Crippen molar-refractivity contribution in [2.24, 2.45) is 5.73 Å². The van der Waals surface area contributed by atoms with Crippen molar-refractivity contribution in [2.45, 2.75) is 18.6 Å². The minimum atomic E-state index is -0.857. The van der Waals surface area contributed by atoms with Gasteiger partial charge in [-0.3, -0.25) is 14.5 Å². The Hall–Kier alpha value is -2.75. The van der Waals surface area contributed by atoms with Gasteiger partial charge in [-0.05, 0) is 36.6 Å². The van der Waals surface area contributed by atoms with Gasteiger partial charge >= 0.3 is 0 Å². The highest BCUT2D eigenvalue weighted by Gasteiger charge is 2.41. The van der Waals surface area contributed by atoms with Crippen LogP contribution < -0.4 is 10.6 Å². The number of nitriles is 1. The lowest BCUT2D eigenvalue weighted by Gasteiger charge is -2.20. The summed E-state index contributed by atoms with van der Waals surface area (Å²) in [4.78, 5) is 26.4. The third kappa shape index (κ3) is 3.70. The van der Waals surface area contributed by atoms with E-state index in [0.717, 1.165) is 11.1 Å². The molecule has 0 aromatic heterocycles. The quantitative estimate of drug-likeness (QED) is 0.631. The van der Waals surface area contributed by atoms with E-state index in [1.54, 1.807) is 18.2 Å². The van der Waals surface area contributed by atoms with Crippen molar-refractivity contribution < 1.29 is 9.59 Å². The summed E-state index contributed by atoms with van der Waals surface area (Å²) < 4.78 is 0. The van der Waals surface area contributed by atoms with E-state index in [2.05, 4.69) is 0 Å². The molecule has 7 heteroatoms. The van der Waals surface area contributed by atoms with Gasteiger partial charge in [0.1, 0.15) is 16.7 Å². The molecule has 0 bridgehead atoms. The predicted molar refractivity (Wildman–Crippen MR) is 107 cm³/mol. The Morgan fingerprint density at radius 2 is 1.93 bits per heavy atom. The summed E-state index contributed by atoms with van der Waals surface area (Å²) >= 11 is 7.40. The number of thioether (sulfide) groups is 1. The van der Waals surface area contributed by atoms with Gasteiger partial charge in [0, 0.05) is 5.02 Å². The van der Waals surface area contributed by atoms with Crippen LogP contribution in [0.4, 0.5) is 5.69 Å². The number of benzene rings is 2. The molecule has 3 rings (SSSR count). The third-order valence-electron chi connectivity index (χ3n) is 4.24. The largest absolute Gasteiger partial charge is 0.365 e. The van der Waals surface area contributed by atoms with Gasteiger partial charge in [0.2, 0.25) is 5.91 Å². The fraction of sp³-hybridized carbons (Fsp3) is 0.150. The molecule has 2 aromatic carbocycles. The Morgan fingerprint density at radius 3 is 2.56 bits per heavy atom. The lowest BCUT2D eigenvalue weighted by molar-refractivity contribution is -0.117. The first kappa shape index (κ1) is 19.0. The normalized spacial score (nSPS) is 18.3. The molecule has 5 nitrogen and oxygen atoms in total. The monoisotopic (exact) mass is 397 g/mol. The molecule has 2 amide bonds. The second-order valence-corrected chi connectivity index (χ2v) is 7.62. The Kier molecular flexibility index (Phi) is 5.54. The molecule has 2 N–H and O–H groups in total. The van der Waals surface area contributed by atoms with Crippen LogP contribution in [0.25, 0.3) is 0 Å². The average molecular weight is 398 g/mol. The van der Waals surface area contributed by atoms with E-state index in [0.29, 0.717) is 17.1 Å². The molecule has 1 aliphatic heterocycles. The van der Waals surface area contributed by atoms with Gasteiger partial charge in [-0.2, -0.15) is 5.26 Å². The van der Waals surface area contributed by atoms with Crippen LogP contribution in [-0.2, 0) is 16.0 Å². The zero-order valence-electron chi connectivity index (χ0n) is 14.5. The van der Waals surface area contributed by atoms with E-state index >= 15 is 0 Å². The minimum Gasteiger partial charge on any atom is -0.365 e. The number of para-hydroxylation sites is 1. The molecule has 2 aromatic rings. The molecular formula is C20H16ClN3O2S. The number of carbonyl (C=O) groups is 2. The Bertz CT molecular complexity index is 997. The van der Waals surface area contributed by atoms with Crippen molar-refractivity contribution >= 4 is 40.9 Å². The fourth-order valence-corrected chi connectivity index (χ4v) is 4.41. The zero-order chi connectivity index (χ0) is 19.6. The van der Waals surface area contributed by atoms with Crippen LogP contribution in [0.15, 0.2) is 59.1 Å². The number of aryl methyl sites for hydroxylation is 1. The summed E-state index contributed by atoms with van der Waals surface area (Å²) in [5, 5.41) is 9.74. The van der Waals surface area contributed by atoms with Gasteiger partial charge < -0.3 is 5.73 Å². The number of rotatable bonds is 4. The third-order valence-corrected chi connectivity index (χ3v) is 5.88. The summed E-state index contributed by atoms with van der Waals surface area (Å²) in [6, 6.07) is 16.4. The lowest BCUT2D eigenvalue weighted by Crippen LogP contribution is -2.31. The van der Waals surface area contributed by atoms with Crippen LogP contribution in [0.3, 0.4) is 0 Å². The Balaban J connectivity index is 2.08. The van der Waals surface area contributed by atoms with E-state index in [4.69, 9.17) is 17.3 Å². The van der Waals surface area contributed by atoms with Crippen LogP contribution in [0.2, 0.25) is 5.02 Å². The Morgan fingerprint density at radius 1 is 1.26 bits per heavy atom. The second kappa shape index (κ2) is 7.87. The molecule has 1 fully saturated rings. The number of anilines is 1. The van der Waals surface area contributed by atoms with Crippen molar-refractivity contribution in [3.8, 4) is 6.07 Å². The summed E-state index contributed by atoms with van der Waals surface area (Å²) in [6.07, 6.45) is 0.381. The maximum Gasteiger partial charge on any atom is 0.262 e. The molecule has 1 saturated heterocycles. The molecule has 0 spiro atoms. The van der Waals surface area contributed by atoms with E-state index in [1.165, 1.54) is 16.7 Å². The van der Waals surface area contributed by atoms with Gasteiger partial charge in [-0.1, -0.05) is 59.8 Å². The van der Waals surface area contributed by atoms with E-state index in [1.807, 2.05) is 43.3 Å². The number of carbonyl (C=O) groups excluding carboxylic acids is 2. The molecule has 0 saturated carbocycles. The standard InChI is InChI=1S/C20H16ClN3O2S/c1-12-6-2-5-9-16(12)24-19(26)17(10-13-7-3-4-8-15(13)21)27-20(24)14(11-22)18(23)25/h2-9,17H,10H2,1H3,(H2,23,25). The smallest absolute Gasteiger partial charge is 0.262 e. The average Bonchev–Trinajstić information content (AvgIpc) is 2.94. The number of hydrogen-bond acceptors (Lipinski definition) is 4. The molecule has 1 atom stereocenters. The highest BCUT2D eigenvalue weighted by molar-refractivity contribution is 8.05. The molecule has 0 radical (unpaired) electrons. The van der Waals surface area contributed by atoms with Crippen molar-refractivity contribution in [2.75, 3.05) is 4.90 Å². The summed E-state index contributed by atoms with van der Waals surface area (Å²) in [5.41, 5.74) is 7.46. The van der Waals surface area contributed by atoms with E-state index in [-0.39, 0.29) is 16.5 Å². The van der Waals surface area contributed by atoms with E-state index in [9.17, 15) is 14.9 Å². The predicted octanol–water partition coefficient (Wildman–Crippen LogP) is 3.56. The number of halogens is 1. The van der Waals surface area contributed by atoms with Crippen LogP contribution in [0.5, 0.6) is 0 Å². The fourth-order valence-electron chi connectivity index (χ4n) is 2.90. The SMILES string of the molecule is Cc1ccccc1N1C(=O)C(Cc2ccccc2Cl)SC1=C(C#N)C(N)=O. The van der Waals surface area contributed by atoms with Crippen molar-refractivity contribution in [1.82, 2.24) is 0 Å². The van der Waals surface area contributed by atoms with Gasteiger partial charge in [-0.25, -0.2) is 0 Å². The number of nitrogens with zero attached hydrogens (tertiary/aromatic N) is 2. The van der Waals surface area contributed by atoms with Gasteiger partial charge in [-0.15, -0.1) is 0 Å². The van der Waals surface area contributed by atoms with E-state index < -0.39 is 11.2 Å². The first-order chi connectivity index (χ1) is 12.9. The highest BCUT2D eigenvalue weighted by Crippen LogP contribution is 2.43. The summed E-state index contributed by atoms with van der Waals surface area (Å²) in [5.74, 6) is -1.07. The van der Waals surface area contributed by atoms with Crippen molar-refractivity contribution in [1.29, 1.82) is 5.26 Å². The molecular weight excluding hydrogens is 382 g/mol. The van der Waals surface area contributed by atoms with Crippen LogP contribution in [0.1, 0.15) is 11.1 Å². The first-order valence-corrected chi connectivity index (χ1v) is 9.43. The van der Waals surface area contributed by atoms with Gasteiger partial charge in [0.15, 0.2) is 0 Å².